The first-order chi connectivity index (χ1) is 20.5. The summed E-state index contributed by atoms with van der Waals surface area (Å²) in [6, 6.07) is 11.5. The van der Waals surface area contributed by atoms with Gasteiger partial charge in [-0.3, -0.25) is 9.79 Å². The van der Waals surface area contributed by atoms with Crippen molar-refractivity contribution in [1.82, 2.24) is 10.2 Å². The van der Waals surface area contributed by atoms with E-state index in [9.17, 15) is 22.4 Å². The van der Waals surface area contributed by atoms with Crippen molar-refractivity contribution in [3.8, 4) is 5.75 Å². The van der Waals surface area contributed by atoms with Gasteiger partial charge in [-0.2, -0.15) is 13.2 Å². The number of allylic oxidation sites excluding steroid dienone is 4. The van der Waals surface area contributed by atoms with Crippen molar-refractivity contribution in [2.45, 2.75) is 70.5 Å². The molecule has 2 aliphatic heterocycles. The van der Waals surface area contributed by atoms with E-state index >= 15 is 0 Å². The van der Waals surface area contributed by atoms with E-state index in [0.29, 0.717) is 35.1 Å². The van der Waals surface area contributed by atoms with Gasteiger partial charge in [0.05, 0.1) is 24.3 Å². The van der Waals surface area contributed by atoms with E-state index < -0.39 is 25.0 Å². The molecule has 2 aromatic rings. The minimum atomic E-state index is -4.32. The number of carbonyl (C=O) groups excluding carboxylic acids is 1. The maximum atomic E-state index is 13.9. The first-order valence-electron chi connectivity index (χ1n) is 14.9. The lowest BCUT2D eigenvalue weighted by Crippen LogP contribution is -2.38. The molecule has 1 N–H and O–H groups in total. The zero-order chi connectivity index (χ0) is 30.4. The van der Waals surface area contributed by atoms with Crippen molar-refractivity contribution < 1.29 is 27.1 Å². The second-order valence-electron chi connectivity index (χ2n) is 12.2. The van der Waals surface area contributed by atoms with Crippen LogP contribution in [0.15, 0.2) is 77.3 Å². The first kappa shape index (κ1) is 29.2. The van der Waals surface area contributed by atoms with Crippen LogP contribution in [0.4, 0.5) is 17.6 Å². The SMILES string of the molecule is Cc1cc(C2=CC(C)CC=C3C(=NCCC(F)(F)F)CC(Oc4cccc(F)c4)=CN32)ccc1C(=O)NC1(C2CC2)CC1. The predicted molar refractivity (Wildman–Crippen MR) is 158 cm³/mol. The van der Waals surface area contributed by atoms with E-state index in [1.165, 1.54) is 31.0 Å². The van der Waals surface area contributed by atoms with Gasteiger partial charge in [-0.05, 0) is 86.3 Å². The second kappa shape index (κ2) is 11.3. The Bertz CT molecular complexity index is 1550. The molecule has 0 bridgehead atoms. The molecule has 0 radical (unpaired) electrons. The Labute approximate surface area is 249 Å². The number of ether oxygens (including phenoxy) is 1. The van der Waals surface area contributed by atoms with E-state index in [1.54, 1.807) is 12.3 Å². The topological polar surface area (TPSA) is 53.9 Å². The highest BCUT2D eigenvalue weighted by Gasteiger charge is 2.54. The summed E-state index contributed by atoms with van der Waals surface area (Å²) in [7, 11) is 0. The average Bonchev–Trinajstić information content (AvgIpc) is 3.84. The molecule has 4 aliphatic rings. The summed E-state index contributed by atoms with van der Waals surface area (Å²) in [5.74, 6) is 0.925. The first-order valence-corrected chi connectivity index (χ1v) is 14.9. The van der Waals surface area contributed by atoms with Gasteiger partial charge in [0, 0.05) is 35.6 Å². The Morgan fingerprint density at radius 2 is 1.93 bits per heavy atom. The van der Waals surface area contributed by atoms with Crippen LogP contribution >= 0.6 is 0 Å². The van der Waals surface area contributed by atoms with Gasteiger partial charge in [0.2, 0.25) is 0 Å². The number of aliphatic imine (C=N–C) groups is 1. The highest BCUT2D eigenvalue weighted by molar-refractivity contribution is 6.04. The summed E-state index contributed by atoms with van der Waals surface area (Å²) in [6.45, 7) is 3.59. The molecule has 2 saturated carbocycles. The van der Waals surface area contributed by atoms with Gasteiger partial charge in [-0.25, -0.2) is 4.39 Å². The molecule has 2 fully saturated rings. The van der Waals surface area contributed by atoms with Gasteiger partial charge in [0.15, 0.2) is 0 Å². The minimum absolute atomic E-state index is 0.0281. The lowest BCUT2D eigenvalue weighted by Gasteiger charge is -2.32. The molecule has 9 heteroatoms. The van der Waals surface area contributed by atoms with E-state index in [0.717, 1.165) is 29.7 Å². The molecule has 5 nitrogen and oxygen atoms in total. The molecule has 2 aromatic carbocycles. The Kier molecular flexibility index (Phi) is 7.69. The maximum Gasteiger partial charge on any atom is 0.390 e. The van der Waals surface area contributed by atoms with Gasteiger partial charge in [-0.15, -0.1) is 0 Å². The van der Waals surface area contributed by atoms with Crippen molar-refractivity contribution in [1.29, 1.82) is 0 Å². The standard InChI is InChI=1S/C34H35F4N3O2/c1-21-6-11-30-29(39-15-14-34(36,37)38)19-27(43-26-5-3-4-25(35)18-26)20-41(30)31(16-21)23-7-10-28(22(2)17-23)32(42)40-33(12-13-33)24-8-9-24/h3-5,7,10-11,16-18,20-21,24H,6,8-9,12-15,19H2,1-2H3,(H,40,42). The lowest BCUT2D eigenvalue weighted by molar-refractivity contribution is -0.132. The largest absolute Gasteiger partial charge is 0.460 e. The summed E-state index contributed by atoms with van der Waals surface area (Å²) < 4.78 is 59.0. The van der Waals surface area contributed by atoms with Crippen LogP contribution in [0.25, 0.3) is 5.70 Å². The summed E-state index contributed by atoms with van der Waals surface area (Å²) in [5.41, 5.74) is 4.28. The fourth-order valence-electron chi connectivity index (χ4n) is 6.00. The number of benzene rings is 2. The number of carbonyl (C=O) groups is 1. The normalized spacial score (nSPS) is 22.2. The number of alkyl halides is 3. The minimum Gasteiger partial charge on any atom is -0.460 e. The number of hydrogen-bond acceptors (Lipinski definition) is 4. The molecule has 226 valence electrons. The van der Waals surface area contributed by atoms with Crippen molar-refractivity contribution in [3.05, 3.63) is 94.8 Å². The van der Waals surface area contributed by atoms with Gasteiger partial charge in [-0.1, -0.05) is 31.2 Å². The third kappa shape index (κ3) is 6.71. The van der Waals surface area contributed by atoms with Crippen LogP contribution in [0.5, 0.6) is 5.75 Å². The van der Waals surface area contributed by atoms with Gasteiger partial charge in [0.1, 0.15) is 17.3 Å². The third-order valence-electron chi connectivity index (χ3n) is 8.57. The van der Waals surface area contributed by atoms with Crippen molar-refractivity contribution >= 4 is 17.3 Å². The van der Waals surface area contributed by atoms with Crippen LogP contribution in [0.2, 0.25) is 0 Å². The Morgan fingerprint density at radius 1 is 1.14 bits per heavy atom. The second-order valence-corrected chi connectivity index (χ2v) is 12.2. The molecule has 1 atom stereocenters. The zero-order valence-corrected chi connectivity index (χ0v) is 24.3. The summed E-state index contributed by atoms with van der Waals surface area (Å²) in [5, 5.41) is 3.29. The van der Waals surface area contributed by atoms with E-state index in [2.05, 4.69) is 23.3 Å². The fourth-order valence-corrected chi connectivity index (χ4v) is 6.00. The van der Waals surface area contributed by atoms with Gasteiger partial charge < -0.3 is 15.0 Å². The molecule has 43 heavy (non-hydrogen) atoms. The number of nitrogens with one attached hydrogen (secondary N) is 1. The Balaban J connectivity index is 1.33. The van der Waals surface area contributed by atoms with Gasteiger partial charge in [0.25, 0.3) is 5.91 Å². The maximum absolute atomic E-state index is 13.9. The van der Waals surface area contributed by atoms with Crippen LogP contribution < -0.4 is 10.1 Å². The summed E-state index contributed by atoms with van der Waals surface area (Å²) in [4.78, 5) is 19.5. The van der Waals surface area contributed by atoms with Crippen molar-refractivity contribution in [2.24, 2.45) is 16.8 Å². The quantitative estimate of drug-likeness (QED) is 0.315. The van der Waals surface area contributed by atoms with Crippen LogP contribution in [0.1, 0.15) is 73.4 Å². The smallest absolute Gasteiger partial charge is 0.390 e. The average molecular weight is 594 g/mol. The Hall–Kier alpha value is -3.88. The van der Waals surface area contributed by atoms with E-state index in [-0.39, 0.29) is 29.5 Å². The predicted octanol–water partition coefficient (Wildman–Crippen LogP) is 8.09. The van der Waals surface area contributed by atoms with Crippen molar-refractivity contribution in [3.63, 3.8) is 0 Å². The summed E-state index contributed by atoms with van der Waals surface area (Å²) >= 11 is 0. The van der Waals surface area contributed by atoms with Crippen LogP contribution in [0, 0.1) is 24.6 Å². The number of amides is 1. The molecular weight excluding hydrogens is 558 g/mol. The summed E-state index contributed by atoms with van der Waals surface area (Å²) in [6.07, 6.45) is 5.81. The number of fused-ring (bicyclic) bond motifs is 1. The molecule has 6 rings (SSSR count). The van der Waals surface area contributed by atoms with E-state index in [4.69, 9.17) is 4.74 Å². The number of halogens is 4. The third-order valence-corrected chi connectivity index (χ3v) is 8.57. The molecule has 0 saturated heterocycles. The van der Waals surface area contributed by atoms with Crippen LogP contribution in [-0.2, 0) is 0 Å². The monoisotopic (exact) mass is 593 g/mol. The van der Waals surface area contributed by atoms with Crippen molar-refractivity contribution in [2.75, 3.05) is 6.54 Å². The molecule has 2 aliphatic carbocycles. The number of rotatable bonds is 8. The van der Waals surface area contributed by atoms with Crippen LogP contribution in [-0.4, -0.2) is 34.8 Å². The number of hydrogen-bond donors (Lipinski definition) is 1. The van der Waals surface area contributed by atoms with Crippen LogP contribution in [0.3, 0.4) is 0 Å². The van der Waals surface area contributed by atoms with E-state index in [1.807, 2.05) is 36.1 Å². The fraction of sp³-hybridized carbons (Fsp3) is 0.412. The zero-order valence-electron chi connectivity index (χ0n) is 24.3. The number of aryl methyl sites for hydroxylation is 1. The molecule has 2 heterocycles. The highest BCUT2D eigenvalue weighted by Crippen LogP contribution is 2.53. The molecule has 0 aromatic heterocycles. The number of nitrogens with zero attached hydrogens (tertiary/aromatic N) is 2. The molecule has 1 unspecified atom stereocenters. The molecule has 0 spiro atoms. The highest BCUT2D eigenvalue weighted by atomic mass is 19.4. The molecular formula is C34H35F4N3O2. The van der Waals surface area contributed by atoms with Gasteiger partial charge >= 0.3 is 6.18 Å². The Morgan fingerprint density at radius 3 is 2.60 bits per heavy atom. The molecule has 1 amide bonds. The lowest BCUT2D eigenvalue weighted by atomic mass is 9.98.